The van der Waals surface area contributed by atoms with Gasteiger partial charge in [0.1, 0.15) is 44.3 Å². The van der Waals surface area contributed by atoms with Crippen LogP contribution in [0.1, 0.15) is 122 Å². The SMILES string of the molecule is C.C.CC(C)(C)c1ocnc1/C=c1\[nH]c(=O)/c(=C/c2cccc(C(=O)c3ccc(CN)cc3)c2)[nH]c1=O.CC(C)(C)c1ocnc1/C=c1\[nH]c(=O)/c(=C/c2cccc(C(N)=O)c2)[nH]c1=O. The lowest BCUT2D eigenvalue weighted by atomic mass is 9.92. The van der Waals surface area contributed by atoms with Crippen LogP contribution in [0, 0.1) is 0 Å². The van der Waals surface area contributed by atoms with E-state index in [2.05, 4.69) is 29.9 Å². The summed E-state index contributed by atoms with van der Waals surface area (Å²) in [6.45, 7) is 12.2. The summed E-state index contributed by atoms with van der Waals surface area (Å²) in [5, 5.41) is 0.254. The van der Waals surface area contributed by atoms with Crippen molar-refractivity contribution < 1.29 is 18.4 Å². The van der Waals surface area contributed by atoms with Crippen molar-refractivity contribution in [3.63, 3.8) is 0 Å². The Balaban J connectivity index is 0.000000283. The molecule has 0 aliphatic carbocycles. The lowest BCUT2D eigenvalue weighted by molar-refractivity contribution is 0.0998. The zero-order valence-electron chi connectivity index (χ0n) is 35.4. The molecule has 65 heavy (non-hydrogen) atoms. The lowest BCUT2D eigenvalue weighted by Crippen LogP contribution is -2.46. The van der Waals surface area contributed by atoms with Crippen LogP contribution in [0.4, 0.5) is 0 Å². The van der Waals surface area contributed by atoms with E-state index in [4.69, 9.17) is 20.3 Å². The molecule has 0 aliphatic rings. The van der Waals surface area contributed by atoms with Crippen molar-refractivity contribution in [3.05, 3.63) is 205 Å². The van der Waals surface area contributed by atoms with Gasteiger partial charge in [0.15, 0.2) is 18.6 Å². The molecule has 0 saturated carbocycles. The van der Waals surface area contributed by atoms with Crippen molar-refractivity contribution >= 4 is 36.0 Å². The molecule has 8 N–H and O–H groups in total. The fourth-order valence-corrected chi connectivity index (χ4v) is 6.35. The predicted molar refractivity (Wildman–Crippen MR) is 251 cm³/mol. The minimum atomic E-state index is -0.579. The van der Waals surface area contributed by atoms with Crippen molar-refractivity contribution in [2.75, 3.05) is 0 Å². The molecule has 0 aliphatic heterocycles. The van der Waals surface area contributed by atoms with E-state index >= 15 is 0 Å². The summed E-state index contributed by atoms with van der Waals surface area (Å²) in [4.78, 5) is 93.0. The molecule has 0 radical (unpaired) electrons. The maximum atomic E-state index is 12.9. The van der Waals surface area contributed by atoms with E-state index in [0.717, 1.165) is 5.56 Å². The van der Waals surface area contributed by atoms with Gasteiger partial charge in [0, 0.05) is 34.1 Å². The van der Waals surface area contributed by atoms with E-state index in [0.29, 0.717) is 57.3 Å². The number of ketones is 1. The van der Waals surface area contributed by atoms with Crippen molar-refractivity contribution in [1.29, 1.82) is 0 Å². The van der Waals surface area contributed by atoms with Crippen LogP contribution in [0.25, 0.3) is 24.3 Å². The predicted octanol–water partition coefficient (Wildman–Crippen LogP) is 3.07. The number of oxazole rings is 2. The van der Waals surface area contributed by atoms with Gasteiger partial charge in [0.25, 0.3) is 22.2 Å². The van der Waals surface area contributed by atoms with E-state index in [9.17, 15) is 28.8 Å². The minimum Gasteiger partial charge on any atom is -0.447 e. The van der Waals surface area contributed by atoms with E-state index in [1.807, 2.05) is 53.7 Å². The Morgan fingerprint density at radius 3 is 1.34 bits per heavy atom. The molecule has 0 unspecified atom stereocenters. The first-order valence-electron chi connectivity index (χ1n) is 19.6. The number of nitrogens with two attached hydrogens (primary N) is 2. The molecule has 0 fully saturated rings. The number of rotatable bonds is 8. The van der Waals surface area contributed by atoms with Gasteiger partial charge >= 0.3 is 0 Å². The molecule has 0 atom stereocenters. The maximum absolute atomic E-state index is 12.9. The number of nitrogens with zero attached hydrogens (tertiary/aromatic N) is 2. The summed E-state index contributed by atoms with van der Waals surface area (Å²) in [6, 6.07) is 20.4. The van der Waals surface area contributed by atoms with E-state index in [1.54, 1.807) is 54.6 Å². The standard InChI is InChI=1S/C27H26N4O4.C20H20N4O4.2CH4/c1-27(2,3)24-20(29-15-35-24)13-22-26(34)30-21(25(33)31-22)12-17-5-4-6-19(11-17)23(32)18-9-7-16(14-28)8-10-18;1-20(2,3)16-13(22-10-28-16)9-15-19(27)23-14(18(26)24-15)8-11-5-4-6-12(7-11)17(21)25;;/h4-13,15H,14,28H2,1-3H3,(H,30,34)(H,31,33);4-10H,1-3H3,(H2,21,25)(H,23,27)(H,24,26);2*1H4/b21-12-,22-13-;14-8-,15-9-;;. The summed E-state index contributed by atoms with van der Waals surface area (Å²) >= 11 is 0. The Morgan fingerprint density at radius 1 is 0.569 bits per heavy atom. The first-order chi connectivity index (χ1) is 29.8. The van der Waals surface area contributed by atoms with Gasteiger partial charge in [-0.2, -0.15) is 0 Å². The fraction of sp³-hybridized carbons (Fsp3) is 0.224. The van der Waals surface area contributed by atoms with Gasteiger partial charge in [-0.25, -0.2) is 9.97 Å². The highest BCUT2D eigenvalue weighted by Gasteiger charge is 2.23. The van der Waals surface area contributed by atoms with Crippen LogP contribution >= 0.6 is 0 Å². The molecular formula is C49H54N8O8. The molecule has 7 aromatic rings. The Labute approximate surface area is 373 Å². The number of aromatic amines is 4. The van der Waals surface area contributed by atoms with Crippen LogP contribution in [0.15, 0.2) is 114 Å². The van der Waals surface area contributed by atoms with Crippen molar-refractivity contribution in [2.24, 2.45) is 11.5 Å². The van der Waals surface area contributed by atoms with Crippen LogP contribution in [-0.4, -0.2) is 41.6 Å². The highest BCUT2D eigenvalue weighted by atomic mass is 16.3. The van der Waals surface area contributed by atoms with Crippen LogP contribution in [0.3, 0.4) is 0 Å². The average molecular weight is 883 g/mol. The van der Waals surface area contributed by atoms with Crippen LogP contribution in [0.5, 0.6) is 0 Å². The number of carbonyl (C=O) groups excluding carboxylic acids is 2. The molecule has 4 heterocycles. The fourth-order valence-electron chi connectivity index (χ4n) is 6.35. The second kappa shape index (κ2) is 20.5. The normalized spacial score (nSPS) is 12.5. The molecule has 7 rings (SSSR count). The molecule has 0 bridgehead atoms. The third kappa shape index (κ3) is 12.1. The number of primary amides is 1. The number of carbonyl (C=O) groups is 2. The van der Waals surface area contributed by atoms with Crippen molar-refractivity contribution in [2.45, 2.75) is 73.8 Å². The third-order valence-electron chi connectivity index (χ3n) is 9.48. The summed E-state index contributed by atoms with van der Waals surface area (Å²) < 4.78 is 10.9. The van der Waals surface area contributed by atoms with Gasteiger partial charge in [-0.05, 0) is 59.2 Å². The smallest absolute Gasteiger partial charge is 0.272 e. The second-order valence-electron chi connectivity index (χ2n) is 16.5. The van der Waals surface area contributed by atoms with Crippen LogP contribution < -0.4 is 55.1 Å². The first kappa shape index (κ1) is 49.7. The first-order valence-corrected chi connectivity index (χ1v) is 19.6. The number of H-pyrrole nitrogens is 4. The van der Waals surface area contributed by atoms with Gasteiger partial charge in [0.05, 0.1) is 0 Å². The molecule has 16 heteroatoms. The van der Waals surface area contributed by atoms with Crippen molar-refractivity contribution in [1.82, 2.24) is 29.9 Å². The topological polar surface area (TPSA) is 270 Å². The minimum absolute atomic E-state index is 0. The summed E-state index contributed by atoms with van der Waals surface area (Å²) in [6.07, 6.45) is 8.56. The van der Waals surface area contributed by atoms with Gasteiger partial charge in [0.2, 0.25) is 5.91 Å². The maximum Gasteiger partial charge on any atom is 0.272 e. The molecule has 3 aromatic carbocycles. The molecule has 338 valence electrons. The van der Waals surface area contributed by atoms with Crippen LogP contribution in [0.2, 0.25) is 0 Å². The summed E-state index contributed by atoms with van der Waals surface area (Å²) in [7, 11) is 0. The molecular weight excluding hydrogens is 829 g/mol. The zero-order chi connectivity index (χ0) is 45.6. The molecule has 0 saturated heterocycles. The second-order valence-corrected chi connectivity index (χ2v) is 16.5. The monoisotopic (exact) mass is 882 g/mol. The number of benzene rings is 3. The molecule has 16 nitrogen and oxygen atoms in total. The van der Waals surface area contributed by atoms with Gasteiger partial charge in [-0.15, -0.1) is 0 Å². The van der Waals surface area contributed by atoms with Crippen LogP contribution in [-0.2, 0) is 17.4 Å². The van der Waals surface area contributed by atoms with Crippen molar-refractivity contribution in [3.8, 4) is 0 Å². The number of nitrogens with one attached hydrogen (secondary N) is 4. The number of aromatic nitrogens is 6. The number of amides is 1. The Bertz CT molecular complexity index is 3340. The zero-order valence-corrected chi connectivity index (χ0v) is 35.4. The van der Waals surface area contributed by atoms with E-state index < -0.39 is 28.1 Å². The van der Waals surface area contributed by atoms with E-state index in [1.165, 1.54) is 43.2 Å². The molecule has 1 amide bonds. The molecule has 0 spiro atoms. The largest absolute Gasteiger partial charge is 0.447 e. The Kier molecular flexibility index (Phi) is 15.6. The summed E-state index contributed by atoms with van der Waals surface area (Å²) in [5.41, 5.74) is 12.6. The van der Waals surface area contributed by atoms with Gasteiger partial charge in [-0.1, -0.05) is 111 Å². The number of hydrogen-bond donors (Lipinski definition) is 6. The third-order valence-corrected chi connectivity index (χ3v) is 9.48. The quantitative estimate of drug-likeness (QED) is 0.121. The average Bonchev–Trinajstić information content (AvgIpc) is 3.92. The Morgan fingerprint density at radius 2 is 0.954 bits per heavy atom. The summed E-state index contributed by atoms with van der Waals surface area (Å²) in [5.74, 6) is 0.475. The molecule has 4 aromatic heterocycles. The number of hydrogen-bond acceptors (Lipinski definition) is 11. The highest BCUT2D eigenvalue weighted by Crippen LogP contribution is 2.26. The Hall–Kier alpha value is -7.98. The van der Waals surface area contributed by atoms with E-state index in [-0.39, 0.29) is 52.9 Å². The van der Waals surface area contributed by atoms with Gasteiger partial charge in [-0.3, -0.25) is 28.8 Å². The van der Waals surface area contributed by atoms with Gasteiger partial charge < -0.3 is 40.2 Å². The lowest BCUT2D eigenvalue weighted by Gasteiger charge is -2.14. The highest BCUT2D eigenvalue weighted by molar-refractivity contribution is 6.09.